The van der Waals surface area contributed by atoms with Gasteiger partial charge in [0, 0.05) is 0 Å². The summed E-state index contributed by atoms with van der Waals surface area (Å²) in [6.07, 6.45) is 0. The van der Waals surface area contributed by atoms with E-state index in [2.05, 4.69) is 0 Å². The Morgan fingerprint density at radius 2 is 1.71 bits per heavy atom. The van der Waals surface area contributed by atoms with E-state index in [-0.39, 0.29) is 4.90 Å². The summed E-state index contributed by atoms with van der Waals surface area (Å²) in [5.74, 6) is 5.28. The normalized spacial score (nSPS) is 12.0. The van der Waals surface area contributed by atoms with Gasteiger partial charge in [0.05, 0.1) is 4.90 Å². The van der Waals surface area contributed by atoms with Crippen LogP contribution in [-0.2, 0) is 10.0 Å². The highest BCUT2D eigenvalue weighted by molar-refractivity contribution is 7.89. The Bertz CT molecular complexity index is 395. The van der Waals surface area contributed by atoms with Crippen LogP contribution in [0, 0.1) is 0 Å². The molecule has 0 aliphatic rings. The van der Waals surface area contributed by atoms with E-state index >= 15 is 0 Å². The van der Waals surface area contributed by atoms with Gasteiger partial charge in [0.1, 0.15) is 0 Å². The third-order valence-corrected chi connectivity index (χ3v) is 3.22. The van der Waals surface area contributed by atoms with Gasteiger partial charge in [-0.25, -0.2) is 8.42 Å². The molecule has 0 saturated carbocycles. The average Bonchev–Trinajstić information content (AvgIpc) is 2.18. The molecular weight excluding hydrogens is 200 g/mol. The molecule has 0 aliphatic carbocycles. The Hall–Kier alpha value is -0.910. The lowest BCUT2D eigenvalue weighted by atomic mass is 10.0. The second-order valence-electron chi connectivity index (χ2n) is 3.35. The van der Waals surface area contributed by atoms with Crippen molar-refractivity contribution in [1.82, 2.24) is 4.83 Å². The van der Waals surface area contributed by atoms with Gasteiger partial charge in [-0.3, -0.25) is 5.84 Å². The van der Waals surface area contributed by atoms with Crippen molar-refractivity contribution in [3.63, 3.8) is 0 Å². The molecule has 0 heterocycles. The summed E-state index contributed by atoms with van der Waals surface area (Å²) in [4.78, 5) is 1.96. The van der Waals surface area contributed by atoms with Crippen molar-refractivity contribution in [2.45, 2.75) is 24.7 Å². The van der Waals surface area contributed by atoms with Crippen molar-refractivity contribution >= 4 is 10.0 Å². The van der Waals surface area contributed by atoms with Gasteiger partial charge in [-0.1, -0.05) is 26.0 Å². The third kappa shape index (κ3) is 2.31. The standard InChI is InChI=1S/C9H14N2O2S/c1-7(2)8-3-5-9(6-4-8)14(12,13)11-10/h3-7,11H,10H2,1-2H3. The van der Waals surface area contributed by atoms with Crippen LogP contribution in [0.15, 0.2) is 29.2 Å². The minimum Gasteiger partial charge on any atom is -0.257 e. The molecule has 1 aromatic rings. The van der Waals surface area contributed by atoms with Crippen molar-refractivity contribution in [3.8, 4) is 0 Å². The highest BCUT2D eigenvalue weighted by Gasteiger charge is 2.11. The Kier molecular flexibility index (Phi) is 3.25. The van der Waals surface area contributed by atoms with Crippen LogP contribution in [0.3, 0.4) is 0 Å². The Morgan fingerprint density at radius 1 is 1.21 bits per heavy atom. The number of hydrogen-bond acceptors (Lipinski definition) is 3. The smallest absolute Gasteiger partial charge is 0.253 e. The molecule has 0 fully saturated rings. The summed E-state index contributed by atoms with van der Waals surface area (Å²) < 4.78 is 22.5. The molecule has 0 atom stereocenters. The summed E-state index contributed by atoms with van der Waals surface area (Å²) >= 11 is 0. The minimum absolute atomic E-state index is 0.185. The number of nitrogens with two attached hydrogens (primary N) is 1. The first-order valence-electron chi connectivity index (χ1n) is 4.29. The summed E-state index contributed by atoms with van der Waals surface area (Å²) in [6.45, 7) is 4.09. The zero-order valence-corrected chi connectivity index (χ0v) is 9.01. The van der Waals surface area contributed by atoms with E-state index in [1.807, 2.05) is 13.8 Å². The first-order chi connectivity index (χ1) is 6.47. The van der Waals surface area contributed by atoms with E-state index in [4.69, 9.17) is 5.84 Å². The number of sulfonamides is 1. The molecule has 5 heteroatoms. The number of benzene rings is 1. The lowest BCUT2D eigenvalue weighted by Gasteiger charge is -2.06. The molecule has 1 aromatic carbocycles. The number of nitrogens with one attached hydrogen (secondary N) is 1. The second-order valence-corrected chi connectivity index (χ2v) is 5.06. The maximum Gasteiger partial charge on any atom is 0.253 e. The van der Waals surface area contributed by atoms with Gasteiger partial charge in [-0.05, 0) is 23.6 Å². The first kappa shape index (κ1) is 11.2. The quantitative estimate of drug-likeness (QED) is 0.581. The fourth-order valence-corrected chi connectivity index (χ4v) is 1.73. The van der Waals surface area contributed by atoms with Crippen molar-refractivity contribution in [2.75, 3.05) is 0 Å². The van der Waals surface area contributed by atoms with Crippen molar-refractivity contribution in [3.05, 3.63) is 29.8 Å². The lowest BCUT2D eigenvalue weighted by Crippen LogP contribution is -2.30. The second kappa shape index (κ2) is 4.08. The predicted octanol–water partition coefficient (Wildman–Crippen LogP) is 0.962. The van der Waals surface area contributed by atoms with E-state index in [0.717, 1.165) is 5.56 Å². The molecule has 0 radical (unpaired) electrons. The maximum absolute atomic E-state index is 11.2. The Balaban J connectivity index is 3.06. The van der Waals surface area contributed by atoms with E-state index in [1.165, 1.54) is 0 Å². The Morgan fingerprint density at radius 3 is 2.07 bits per heavy atom. The molecule has 14 heavy (non-hydrogen) atoms. The van der Waals surface area contributed by atoms with Gasteiger partial charge in [0.25, 0.3) is 10.0 Å². The summed E-state index contributed by atoms with van der Waals surface area (Å²) in [6, 6.07) is 6.67. The zero-order chi connectivity index (χ0) is 10.8. The van der Waals surface area contributed by atoms with Crippen LogP contribution in [0.5, 0.6) is 0 Å². The molecule has 1 rings (SSSR count). The molecule has 4 nitrogen and oxygen atoms in total. The van der Waals surface area contributed by atoms with Gasteiger partial charge in [-0.2, -0.15) is 4.83 Å². The lowest BCUT2D eigenvalue weighted by molar-refractivity contribution is 0.584. The van der Waals surface area contributed by atoms with E-state index in [1.54, 1.807) is 29.1 Å². The molecule has 0 aliphatic heterocycles. The summed E-state index contributed by atoms with van der Waals surface area (Å²) in [5, 5.41) is 0. The fourth-order valence-electron chi connectivity index (χ4n) is 1.10. The summed E-state index contributed by atoms with van der Waals surface area (Å²) in [5.41, 5.74) is 1.10. The van der Waals surface area contributed by atoms with Crippen molar-refractivity contribution in [2.24, 2.45) is 5.84 Å². The third-order valence-electron chi connectivity index (χ3n) is 2.01. The monoisotopic (exact) mass is 214 g/mol. The summed E-state index contributed by atoms with van der Waals surface area (Å²) in [7, 11) is -3.51. The van der Waals surface area contributed by atoms with Crippen LogP contribution in [0.2, 0.25) is 0 Å². The molecule has 3 N–H and O–H groups in total. The van der Waals surface area contributed by atoms with Crippen molar-refractivity contribution in [1.29, 1.82) is 0 Å². The van der Waals surface area contributed by atoms with E-state index < -0.39 is 10.0 Å². The largest absolute Gasteiger partial charge is 0.257 e. The van der Waals surface area contributed by atoms with Crippen LogP contribution in [0.1, 0.15) is 25.3 Å². The van der Waals surface area contributed by atoms with Crippen LogP contribution >= 0.6 is 0 Å². The highest BCUT2D eigenvalue weighted by Crippen LogP contribution is 2.16. The minimum atomic E-state index is -3.51. The molecule has 0 spiro atoms. The van der Waals surface area contributed by atoms with Gasteiger partial charge >= 0.3 is 0 Å². The van der Waals surface area contributed by atoms with Crippen LogP contribution in [-0.4, -0.2) is 8.42 Å². The van der Waals surface area contributed by atoms with Gasteiger partial charge in [-0.15, -0.1) is 0 Å². The van der Waals surface area contributed by atoms with Gasteiger partial charge in [0.2, 0.25) is 0 Å². The number of hydrazine groups is 1. The highest BCUT2D eigenvalue weighted by atomic mass is 32.2. The van der Waals surface area contributed by atoms with E-state index in [9.17, 15) is 8.42 Å². The zero-order valence-electron chi connectivity index (χ0n) is 8.19. The molecule has 0 bridgehead atoms. The SMILES string of the molecule is CC(C)c1ccc(S(=O)(=O)NN)cc1. The van der Waals surface area contributed by atoms with Crippen molar-refractivity contribution < 1.29 is 8.42 Å². The first-order valence-corrected chi connectivity index (χ1v) is 5.78. The topological polar surface area (TPSA) is 72.2 Å². The Labute approximate surface area is 84.1 Å². The maximum atomic E-state index is 11.2. The molecule has 0 saturated heterocycles. The molecule has 0 aromatic heterocycles. The van der Waals surface area contributed by atoms with E-state index in [0.29, 0.717) is 5.92 Å². The predicted molar refractivity (Wildman–Crippen MR) is 55.0 cm³/mol. The van der Waals surface area contributed by atoms with Gasteiger partial charge < -0.3 is 0 Å². The molecule has 0 unspecified atom stereocenters. The fraction of sp³-hybridized carbons (Fsp3) is 0.333. The molecular formula is C9H14N2O2S. The van der Waals surface area contributed by atoms with Crippen LogP contribution in [0.25, 0.3) is 0 Å². The average molecular weight is 214 g/mol. The number of hydrogen-bond donors (Lipinski definition) is 2. The molecule has 0 amide bonds. The van der Waals surface area contributed by atoms with Crippen LogP contribution < -0.4 is 10.7 Å². The van der Waals surface area contributed by atoms with Crippen LogP contribution in [0.4, 0.5) is 0 Å². The molecule has 78 valence electrons. The van der Waals surface area contributed by atoms with Gasteiger partial charge in [0.15, 0.2) is 0 Å². The number of rotatable bonds is 3.